The highest BCUT2D eigenvalue weighted by atomic mass is 35.5. The van der Waals surface area contributed by atoms with E-state index in [1.54, 1.807) is 0 Å². The van der Waals surface area contributed by atoms with Crippen LogP contribution in [0.5, 0.6) is 0 Å². The maximum Gasteiger partial charge on any atom is 0.271 e. The number of nitrogens with one attached hydrogen (secondary N) is 1. The number of benzene rings is 1. The van der Waals surface area contributed by atoms with Crippen molar-refractivity contribution < 1.29 is 13.3 Å². The molecule has 0 spiro atoms. The van der Waals surface area contributed by atoms with Gasteiger partial charge in [0.25, 0.3) is 5.69 Å². The number of nitro benzene ring substituents is 1. The fourth-order valence-corrected chi connectivity index (χ4v) is 2.95. The Morgan fingerprint density at radius 1 is 1.45 bits per heavy atom. The third-order valence-corrected chi connectivity index (χ3v) is 4.69. The molecule has 0 radical (unpaired) electrons. The van der Waals surface area contributed by atoms with Gasteiger partial charge in [-0.25, -0.2) is 13.1 Å². The smallest absolute Gasteiger partial charge is 0.271 e. The van der Waals surface area contributed by atoms with Crippen molar-refractivity contribution in [3.8, 4) is 0 Å². The highest BCUT2D eigenvalue weighted by Gasteiger charge is 2.21. The summed E-state index contributed by atoms with van der Waals surface area (Å²) in [6.45, 7) is 3.81. The van der Waals surface area contributed by atoms with Crippen LogP contribution in [-0.2, 0) is 10.0 Å². The zero-order chi connectivity index (χ0) is 15.5. The fourth-order valence-electron chi connectivity index (χ4n) is 1.34. The number of hydrogen-bond acceptors (Lipinski definition) is 5. The van der Waals surface area contributed by atoms with E-state index in [-0.39, 0.29) is 34.1 Å². The number of halogens is 1. The lowest BCUT2D eigenvalue weighted by atomic mass is 10.1. The third kappa shape index (κ3) is 4.14. The maximum atomic E-state index is 12.0. The Labute approximate surface area is 122 Å². The third-order valence-electron chi connectivity index (χ3n) is 2.78. The van der Waals surface area contributed by atoms with Crippen molar-refractivity contribution in [2.45, 2.75) is 24.8 Å². The number of nitrogens with zero attached hydrogens (tertiary/aromatic N) is 1. The minimum Gasteiger partial charge on any atom is -0.326 e. The van der Waals surface area contributed by atoms with Gasteiger partial charge in [-0.1, -0.05) is 25.4 Å². The van der Waals surface area contributed by atoms with E-state index >= 15 is 0 Å². The van der Waals surface area contributed by atoms with Crippen molar-refractivity contribution in [2.24, 2.45) is 11.7 Å². The van der Waals surface area contributed by atoms with E-state index in [1.807, 2.05) is 13.8 Å². The summed E-state index contributed by atoms with van der Waals surface area (Å²) in [7, 11) is -3.85. The normalized spacial score (nSPS) is 13.4. The zero-order valence-electron chi connectivity index (χ0n) is 11.0. The van der Waals surface area contributed by atoms with Crippen LogP contribution >= 0.6 is 11.6 Å². The van der Waals surface area contributed by atoms with Crippen LogP contribution in [0.15, 0.2) is 23.1 Å². The van der Waals surface area contributed by atoms with Crippen LogP contribution in [0.2, 0.25) is 5.02 Å². The highest BCUT2D eigenvalue weighted by molar-refractivity contribution is 7.89. The van der Waals surface area contributed by atoms with E-state index in [0.29, 0.717) is 0 Å². The van der Waals surface area contributed by atoms with Crippen LogP contribution < -0.4 is 10.5 Å². The summed E-state index contributed by atoms with van der Waals surface area (Å²) >= 11 is 5.78. The van der Waals surface area contributed by atoms with Crippen LogP contribution in [-0.4, -0.2) is 25.9 Å². The number of hydrogen-bond donors (Lipinski definition) is 2. The molecule has 0 heterocycles. The van der Waals surface area contributed by atoms with Crippen molar-refractivity contribution in [3.63, 3.8) is 0 Å². The van der Waals surface area contributed by atoms with Gasteiger partial charge in [-0.15, -0.1) is 0 Å². The van der Waals surface area contributed by atoms with Crippen LogP contribution in [0.4, 0.5) is 5.69 Å². The molecule has 20 heavy (non-hydrogen) atoms. The molecule has 1 atom stereocenters. The van der Waals surface area contributed by atoms with Crippen molar-refractivity contribution in [3.05, 3.63) is 33.3 Å². The van der Waals surface area contributed by atoms with Crippen LogP contribution in [0, 0.1) is 16.0 Å². The molecule has 112 valence electrons. The summed E-state index contributed by atoms with van der Waals surface area (Å²) in [5.41, 5.74) is 5.48. The zero-order valence-corrected chi connectivity index (χ0v) is 12.6. The summed E-state index contributed by atoms with van der Waals surface area (Å²) in [6.07, 6.45) is 0. The molecule has 1 unspecified atom stereocenters. The molecule has 1 aromatic carbocycles. The first-order valence-electron chi connectivity index (χ1n) is 5.84. The van der Waals surface area contributed by atoms with E-state index in [2.05, 4.69) is 4.72 Å². The van der Waals surface area contributed by atoms with E-state index in [4.69, 9.17) is 17.3 Å². The lowest BCUT2D eigenvalue weighted by Gasteiger charge is -2.16. The largest absolute Gasteiger partial charge is 0.326 e. The second-order valence-corrected chi connectivity index (χ2v) is 6.77. The Hall–Kier alpha value is -1.22. The molecule has 3 N–H and O–H groups in total. The van der Waals surface area contributed by atoms with Gasteiger partial charge in [-0.05, 0) is 12.0 Å². The summed E-state index contributed by atoms with van der Waals surface area (Å²) in [6, 6.07) is 2.85. The number of nitro groups is 1. The van der Waals surface area contributed by atoms with E-state index in [9.17, 15) is 18.5 Å². The summed E-state index contributed by atoms with van der Waals surface area (Å²) in [4.78, 5) is 9.71. The minimum atomic E-state index is -3.85. The Morgan fingerprint density at radius 3 is 2.50 bits per heavy atom. The minimum absolute atomic E-state index is 0.0628. The molecule has 0 fully saturated rings. The van der Waals surface area contributed by atoms with Gasteiger partial charge in [0.15, 0.2) is 0 Å². The number of sulfonamides is 1. The van der Waals surface area contributed by atoms with Gasteiger partial charge in [0.1, 0.15) is 4.90 Å². The van der Waals surface area contributed by atoms with Gasteiger partial charge in [0.2, 0.25) is 10.0 Å². The average Bonchev–Trinajstić information content (AvgIpc) is 2.35. The fraction of sp³-hybridized carbons (Fsp3) is 0.455. The molecular weight excluding hydrogens is 306 g/mol. The van der Waals surface area contributed by atoms with E-state index < -0.39 is 14.9 Å². The van der Waals surface area contributed by atoms with Crippen LogP contribution in [0.1, 0.15) is 13.8 Å². The highest BCUT2D eigenvalue weighted by Crippen LogP contribution is 2.25. The molecule has 7 nitrogen and oxygen atoms in total. The van der Waals surface area contributed by atoms with Crippen LogP contribution in [0.3, 0.4) is 0 Å². The van der Waals surface area contributed by atoms with Gasteiger partial charge in [0, 0.05) is 24.7 Å². The topological polar surface area (TPSA) is 115 Å². The molecule has 9 heteroatoms. The predicted octanol–water partition coefficient (Wildman–Crippen LogP) is 1.51. The molecule has 0 saturated carbocycles. The Kier molecular flexibility index (Phi) is 5.46. The van der Waals surface area contributed by atoms with E-state index in [0.717, 1.165) is 18.2 Å². The van der Waals surface area contributed by atoms with Gasteiger partial charge in [0.05, 0.1) is 9.95 Å². The summed E-state index contributed by atoms with van der Waals surface area (Å²) < 4.78 is 26.4. The molecule has 1 aromatic rings. The second kappa shape index (κ2) is 6.49. The molecule has 0 aliphatic carbocycles. The quantitative estimate of drug-likeness (QED) is 0.608. The van der Waals surface area contributed by atoms with Gasteiger partial charge < -0.3 is 5.73 Å². The van der Waals surface area contributed by atoms with Crippen molar-refractivity contribution in [1.82, 2.24) is 4.72 Å². The first kappa shape index (κ1) is 16.8. The standard InChI is InChI=1S/C11H16ClN3O4S/c1-7(2)10(13)6-14-20(18,19)11-4-3-8(15(16)17)5-9(11)12/h3-5,7,10,14H,6,13H2,1-2H3. The Morgan fingerprint density at radius 2 is 2.05 bits per heavy atom. The first-order chi connectivity index (χ1) is 9.15. The lowest BCUT2D eigenvalue weighted by Crippen LogP contribution is -2.40. The molecule has 0 aromatic heterocycles. The average molecular weight is 322 g/mol. The number of non-ortho nitro benzene ring substituents is 1. The lowest BCUT2D eigenvalue weighted by molar-refractivity contribution is -0.384. The molecule has 0 amide bonds. The SMILES string of the molecule is CC(C)C(N)CNS(=O)(=O)c1ccc([N+](=O)[O-])cc1Cl. The number of rotatable bonds is 6. The predicted molar refractivity (Wildman–Crippen MR) is 76.1 cm³/mol. The molecule has 0 aliphatic rings. The second-order valence-electron chi connectivity index (χ2n) is 4.63. The number of nitrogens with two attached hydrogens (primary N) is 1. The van der Waals surface area contributed by atoms with Gasteiger partial charge >= 0.3 is 0 Å². The molecule has 0 aliphatic heterocycles. The van der Waals surface area contributed by atoms with Crippen molar-refractivity contribution >= 4 is 27.3 Å². The molecule has 1 rings (SSSR count). The molecule has 0 bridgehead atoms. The Balaban J connectivity index is 2.96. The molecular formula is C11H16ClN3O4S. The molecule has 0 saturated heterocycles. The Bertz CT molecular complexity index is 604. The van der Waals surface area contributed by atoms with Crippen molar-refractivity contribution in [1.29, 1.82) is 0 Å². The van der Waals surface area contributed by atoms with Crippen LogP contribution in [0.25, 0.3) is 0 Å². The summed E-state index contributed by atoms with van der Waals surface area (Å²) in [5, 5.41) is 10.4. The van der Waals surface area contributed by atoms with E-state index in [1.165, 1.54) is 0 Å². The van der Waals surface area contributed by atoms with Gasteiger partial charge in [-0.3, -0.25) is 10.1 Å². The first-order valence-corrected chi connectivity index (χ1v) is 7.70. The maximum absolute atomic E-state index is 12.0. The van der Waals surface area contributed by atoms with Crippen molar-refractivity contribution in [2.75, 3.05) is 6.54 Å². The monoisotopic (exact) mass is 321 g/mol. The summed E-state index contributed by atoms with van der Waals surface area (Å²) in [5.74, 6) is 0.116. The van der Waals surface area contributed by atoms with Gasteiger partial charge in [-0.2, -0.15) is 0 Å².